The lowest BCUT2D eigenvalue weighted by Crippen LogP contribution is -2.63. The van der Waals surface area contributed by atoms with Crippen LogP contribution in [0.3, 0.4) is 0 Å². The number of hydrazine groups is 1. The summed E-state index contributed by atoms with van der Waals surface area (Å²) in [6, 6.07) is 2.20. The van der Waals surface area contributed by atoms with Gasteiger partial charge >= 0.3 is 5.97 Å². The highest BCUT2D eigenvalue weighted by molar-refractivity contribution is 5.98. The first-order valence-electron chi connectivity index (χ1n) is 18.5. The summed E-state index contributed by atoms with van der Waals surface area (Å²) in [5.74, 6) is -5.05. The standard InChI is InChI=1S/C35H55N11O9/c1-5-20(2)31(45(21(3)47)43-23-17-25-12-13-26(18-23)44(25)4)34(53)42-28(14-15-30(49)50)32(51)39-19-29(48)41-27(7-6-16-38-35(36)37)33(52)40-22-8-10-24(11-9-22)46(54)55/h8-11,20,23,25-28,31,43H,5-7,12-19H2,1-4H3,(H,39,51)(H,40,52)(H,41,48)(H,42,53)(H,49,50)(H4,36,37,38)/t20-,23?,25?,26?,27-,28-,31-/m0/s1. The van der Waals surface area contributed by atoms with Crippen molar-refractivity contribution in [2.45, 2.75) is 115 Å². The van der Waals surface area contributed by atoms with Crippen LogP contribution in [0.15, 0.2) is 29.3 Å². The van der Waals surface area contributed by atoms with E-state index in [0.717, 1.165) is 25.7 Å². The van der Waals surface area contributed by atoms with Crippen LogP contribution in [0.5, 0.6) is 0 Å². The summed E-state index contributed by atoms with van der Waals surface area (Å²) in [5.41, 5.74) is 14.1. The molecular formula is C35H55N11O9. The Labute approximate surface area is 319 Å². The molecule has 2 aliphatic rings. The van der Waals surface area contributed by atoms with E-state index in [0.29, 0.717) is 18.5 Å². The number of nitrogens with zero attached hydrogens (tertiary/aromatic N) is 4. The third kappa shape index (κ3) is 13.5. The van der Waals surface area contributed by atoms with Gasteiger partial charge in [-0.3, -0.25) is 48.9 Å². The number of carboxylic acid groups (broad SMARTS) is 1. The molecule has 2 saturated heterocycles. The van der Waals surface area contributed by atoms with E-state index < -0.39 is 65.6 Å². The number of amides is 5. The lowest BCUT2D eigenvalue weighted by molar-refractivity contribution is -0.384. The van der Waals surface area contributed by atoms with Crippen molar-refractivity contribution in [3.05, 3.63) is 34.4 Å². The van der Waals surface area contributed by atoms with Gasteiger partial charge in [0.25, 0.3) is 5.69 Å². The van der Waals surface area contributed by atoms with Crippen molar-refractivity contribution in [3.63, 3.8) is 0 Å². The van der Waals surface area contributed by atoms with E-state index in [1.807, 2.05) is 13.8 Å². The van der Waals surface area contributed by atoms with Crippen molar-refractivity contribution in [2.75, 3.05) is 25.5 Å². The molecule has 2 unspecified atom stereocenters. The van der Waals surface area contributed by atoms with Crippen LogP contribution < -0.4 is 38.2 Å². The van der Waals surface area contributed by atoms with Crippen molar-refractivity contribution >= 4 is 52.8 Å². The smallest absolute Gasteiger partial charge is 0.303 e. The minimum Gasteiger partial charge on any atom is -0.481 e. The van der Waals surface area contributed by atoms with Gasteiger partial charge in [0, 0.05) is 55.8 Å². The first-order valence-corrected chi connectivity index (χ1v) is 18.5. The number of nitro groups is 1. The number of hydrogen-bond donors (Lipinski definition) is 8. The Morgan fingerprint density at radius 1 is 1.00 bits per heavy atom. The highest BCUT2D eigenvalue weighted by atomic mass is 16.6. The molecule has 0 aromatic heterocycles. The molecule has 0 radical (unpaired) electrons. The maximum atomic E-state index is 13.9. The Kier molecular flexibility index (Phi) is 16.7. The number of nitrogens with one attached hydrogen (secondary N) is 5. The molecule has 6 atom stereocenters. The van der Waals surface area contributed by atoms with E-state index in [2.05, 4.69) is 43.6 Å². The molecule has 2 fully saturated rings. The summed E-state index contributed by atoms with van der Waals surface area (Å²) >= 11 is 0. The lowest BCUT2D eigenvalue weighted by Gasteiger charge is -2.42. The number of hydrogen-bond acceptors (Lipinski definition) is 11. The van der Waals surface area contributed by atoms with E-state index in [1.54, 1.807) is 0 Å². The van der Waals surface area contributed by atoms with Crippen molar-refractivity contribution in [3.8, 4) is 0 Å². The summed E-state index contributed by atoms with van der Waals surface area (Å²) in [7, 11) is 2.10. The van der Waals surface area contributed by atoms with Crippen molar-refractivity contribution in [2.24, 2.45) is 22.4 Å². The number of aliphatic imine (C=N–C) groups is 1. The summed E-state index contributed by atoms with van der Waals surface area (Å²) < 4.78 is 0. The summed E-state index contributed by atoms with van der Waals surface area (Å²) in [6.45, 7) is 4.54. The van der Waals surface area contributed by atoms with Crippen molar-refractivity contribution < 1.29 is 38.8 Å². The normalized spacial score (nSPS) is 19.8. The van der Waals surface area contributed by atoms with Crippen molar-refractivity contribution in [1.82, 2.24) is 31.3 Å². The number of carboxylic acids is 1. The number of anilines is 1. The second-order valence-corrected chi connectivity index (χ2v) is 14.1. The van der Waals surface area contributed by atoms with Gasteiger partial charge in [-0.15, -0.1) is 0 Å². The second kappa shape index (κ2) is 20.9. The molecule has 0 saturated carbocycles. The Morgan fingerprint density at radius 2 is 1.62 bits per heavy atom. The minimum atomic E-state index is -1.38. The topological polar surface area (TPSA) is 297 Å². The van der Waals surface area contributed by atoms with Crippen LogP contribution in [0, 0.1) is 16.0 Å². The highest BCUT2D eigenvalue weighted by Crippen LogP contribution is 2.34. The first-order chi connectivity index (χ1) is 26.0. The van der Waals surface area contributed by atoms with Gasteiger partial charge in [-0.25, -0.2) is 5.43 Å². The van der Waals surface area contributed by atoms with E-state index >= 15 is 0 Å². The predicted octanol–water partition coefficient (Wildman–Crippen LogP) is -0.0695. The molecule has 2 heterocycles. The quantitative estimate of drug-likeness (QED) is 0.0267. The Morgan fingerprint density at radius 3 is 2.16 bits per heavy atom. The average molecular weight is 774 g/mol. The molecular weight excluding hydrogens is 718 g/mol. The van der Waals surface area contributed by atoms with Gasteiger partial charge in [-0.2, -0.15) is 0 Å². The number of benzene rings is 1. The molecule has 1 aromatic carbocycles. The van der Waals surface area contributed by atoms with Crippen LogP contribution >= 0.6 is 0 Å². The minimum absolute atomic E-state index is 0.0480. The Bertz CT molecular complexity index is 1560. The first kappa shape index (κ1) is 44.0. The third-order valence-corrected chi connectivity index (χ3v) is 10.1. The number of aliphatic carboxylic acids is 1. The molecule has 1 aromatic rings. The van der Waals surface area contributed by atoms with Crippen LogP contribution in [0.2, 0.25) is 0 Å². The zero-order chi connectivity index (χ0) is 40.8. The average Bonchev–Trinajstić information content (AvgIpc) is 3.32. The molecule has 0 spiro atoms. The summed E-state index contributed by atoms with van der Waals surface area (Å²) in [6.07, 6.45) is 3.79. The molecule has 2 bridgehead atoms. The van der Waals surface area contributed by atoms with Crippen LogP contribution in [0.25, 0.3) is 0 Å². The molecule has 304 valence electrons. The maximum absolute atomic E-state index is 13.9. The zero-order valence-corrected chi connectivity index (χ0v) is 31.8. The lowest BCUT2D eigenvalue weighted by atomic mass is 9.95. The number of carbonyl (C=O) groups is 6. The maximum Gasteiger partial charge on any atom is 0.303 e. The summed E-state index contributed by atoms with van der Waals surface area (Å²) in [4.78, 5) is 94.8. The van der Waals surface area contributed by atoms with E-state index in [-0.39, 0.29) is 61.0 Å². The van der Waals surface area contributed by atoms with Gasteiger partial charge in [0.1, 0.15) is 18.1 Å². The van der Waals surface area contributed by atoms with Gasteiger partial charge < -0.3 is 42.7 Å². The van der Waals surface area contributed by atoms with E-state index in [4.69, 9.17) is 11.5 Å². The van der Waals surface area contributed by atoms with Crippen LogP contribution in [-0.4, -0.2) is 118 Å². The number of carbonyl (C=O) groups excluding carboxylic acids is 5. The zero-order valence-electron chi connectivity index (χ0n) is 31.8. The van der Waals surface area contributed by atoms with Gasteiger partial charge in [0.15, 0.2) is 5.96 Å². The molecule has 55 heavy (non-hydrogen) atoms. The molecule has 2 aliphatic heterocycles. The van der Waals surface area contributed by atoms with E-state index in [1.165, 1.54) is 36.2 Å². The molecule has 20 heteroatoms. The molecule has 10 N–H and O–H groups in total. The number of rotatable bonds is 21. The van der Waals surface area contributed by atoms with Gasteiger partial charge in [-0.05, 0) is 70.0 Å². The van der Waals surface area contributed by atoms with E-state index in [9.17, 15) is 44.0 Å². The molecule has 5 amide bonds. The number of nitrogens with two attached hydrogens (primary N) is 2. The number of non-ortho nitro benzene ring substituents is 1. The SMILES string of the molecule is CC[C@H](C)[C@@H](C(=O)N[C@@H](CCC(=O)O)C(=O)NCC(=O)N[C@@H](CCCN=C(N)N)C(=O)Nc1ccc([N+](=O)[O-])cc1)N(NC1CC2CCC(C1)N2C)C(C)=O. The predicted molar refractivity (Wildman–Crippen MR) is 202 cm³/mol. The molecule has 20 nitrogen and oxygen atoms in total. The highest BCUT2D eigenvalue weighted by Gasteiger charge is 2.41. The third-order valence-electron chi connectivity index (χ3n) is 10.1. The fourth-order valence-electron chi connectivity index (χ4n) is 6.93. The Balaban J connectivity index is 1.70. The molecule has 0 aliphatic carbocycles. The number of fused-ring (bicyclic) bond motifs is 2. The van der Waals surface area contributed by atoms with Gasteiger partial charge in [0.05, 0.1) is 11.5 Å². The summed E-state index contributed by atoms with van der Waals surface area (Å²) in [5, 5.41) is 31.9. The number of piperidine rings is 1. The number of nitro benzene ring substituents is 1. The Hall–Kier alpha value is -5.37. The van der Waals surface area contributed by atoms with Gasteiger partial charge in [-0.1, -0.05) is 20.3 Å². The second-order valence-electron chi connectivity index (χ2n) is 14.1. The molecule has 3 rings (SSSR count). The number of guanidine groups is 1. The monoisotopic (exact) mass is 773 g/mol. The fourth-order valence-corrected chi connectivity index (χ4v) is 6.93. The van der Waals surface area contributed by atoms with Crippen molar-refractivity contribution in [1.29, 1.82) is 0 Å². The fraction of sp³-hybridized carbons (Fsp3) is 0.629. The largest absolute Gasteiger partial charge is 0.481 e. The van der Waals surface area contributed by atoms with Crippen LogP contribution in [0.4, 0.5) is 11.4 Å². The van der Waals surface area contributed by atoms with Crippen LogP contribution in [0.1, 0.15) is 78.6 Å². The van der Waals surface area contributed by atoms with Crippen LogP contribution in [-0.2, 0) is 28.8 Å². The van der Waals surface area contributed by atoms with Gasteiger partial charge in [0.2, 0.25) is 29.5 Å².